The van der Waals surface area contributed by atoms with Gasteiger partial charge in [-0.05, 0) is 43.7 Å². The van der Waals surface area contributed by atoms with Crippen LogP contribution in [0.4, 0.5) is 0 Å². The molecule has 0 unspecified atom stereocenters. The van der Waals surface area contributed by atoms with Gasteiger partial charge in [0.25, 0.3) is 11.4 Å². The number of rotatable bonds is 5. The molecule has 0 radical (unpaired) electrons. The molecule has 7 nitrogen and oxygen atoms in total. The Morgan fingerprint density at radius 1 is 1.21 bits per heavy atom. The fraction of sp³-hybridized carbons (Fsp3) is 0.263. The molecule has 0 aliphatic rings. The Morgan fingerprint density at radius 2 is 1.96 bits per heavy atom. The highest BCUT2D eigenvalue weighted by Gasteiger charge is 2.16. The summed E-state index contributed by atoms with van der Waals surface area (Å²) in [7, 11) is 3.36. The molecule has 28 heavy (non-hydrogen) atoms. The van der Waals surface area contributed by atoms with Crippen molar-refractivity contribution in [1.82, 2.24) is 19.7 Å². The van der Waals surface area contributed by atoms with Crippen molar-refractivity contribution in [1.29, 1.82) is 0 Å². The molecule has 0 aliphatic heterocycles. The van der Waals surface area contributed by atoms with Gasteiger partial charge in [0.1, 0.15) is 10.6 Å². The molecule has 0 saturated carbocycles. The number of aryl methyl sites for hydroxylation is 2. The first kappa shape index (κ1) is 18.7. The highest BCUT2D eigenvalue weighted by molar-refractivity contribution is 7.98. The number of thiophene rings is 1. The quantitative estimate of drug-likeness (QED) is 0.361. The van der Waals surface area contributed by atoms with Crippen molar-refractivity contribution in [3.63, 3.8) is 0 Å². The molecule has 3 heterocycles. The van der Waals surface area contributed by atoms with Gasteiger partial charge < -0.3 is 9.26 Å². The summed E-state index contributed by atoms with van der Waals surface area (Å²) in [5, 5.41) is 5.37. The van der Waals surface area contributed by atoms with Crippen molar-refractivity contribution in [3.8, 4) is 17.2 Å². The van der Waals surface area contributed by atoms with Gasteiger partial charge in [0.05, 0.1) is 18.2 Å². The molecule has 0 fully saturated rings. The van der Waals surface area contributed by atoms with Gasteiger partial charge in [-0.25, -0.2) is 4.98 Å². The molecular formula is C19H18N4O3S2. The van der Waals surface area contributed by atoms with Crippen molar-refractivity contribution < 1.29 is 9.26 Å². The number of fused-ring (bicyclic) bond motifs is 1. The van der Waals surface area contributed by atoms with Gasteiger partial charge in [-0.1, -0.05) is 16.9 Å². The van der Waals surface area contributed by atoms with Crippen molar-refractivity contribution in [3.05, 3.63) is 50.9 Å². The van der Waals surface area contributed by atoms with Crippen LogP contribution in [0.25, 0.3) is 21.7 Å². The van der Waals surface area contributed by atoms with Crippen LogP contribution in [0, 0.1) is 13.8 Å². The molecule has 0 bridgehead atoms. The standard InChI is InChI=1S/C19H18N4O3S2/c1-10-11(2)28-17-15(10)18(24)23(3)19(21-17)27-9-14-20-16(26-22-14)12-5-7-13(25-4)8-6-12/h5-8H,9H2,1-4H3. The maximum Gasteiger partial charge on any atom is 0.262 e. The first-order chi connectivity index (χ1) is 13.5. The number of benzene rings is 1. The summed E-state index contributed by atoms with van der Waals surface area (Å²) in [4.78, 5) is 23.7. The van der Waals surface area contributed by atoms with Crippen molar-refractivity contribution in [2.45, 2.75) is 24.8 Å². The van der Waals surface area contributed by atoms with Crippen LogP contribution in [0.15, 0.2) is 38.7 Å². The van der Waals surface area contributed by atoms with E-state index in [2.05, 4.69) is 15.1 Å². The molecule has 4 rings (SSSR count). The highest BCUT2D eigenvalue weighted by Crippen LogP contribution is 2.29. The summed E-state index contributed by atoms with van der Waals surface area (Å²) < 4.78 is 12.1. The third-order valence-electron chi connectivity index (χ3n) is 4.50. The molecule has 144 valence electrons. The average molecular weight is 415 g/mol. The molecule has 0 N–H and O–H groups in total. The minimum Gasteiger partial charge on any atom is -0.497 e. The second kappa shape index (κ2) is 7.40. The zero-order valence-electron chi connectivity index (χ0n) is 15.8. The second-order valence-electron chi connectivity index (χ2n) is 6.25. The monoisotopic (exact) mass is 414 g/mol. The Bertz CT molecular complexity index is 1210. The highest BCUT2D eigenvalue weighted by atomic mass is 32.2. The lowest BCUT2D eigenvalue weighted by Gasteiger charge is -2.05. The topological polar surface area (TPSA) is 83.0 Å². The summed E-state index contributed by atoms with van der Waals surface area (Å²) in [6, 6.07) is 7.41. The van der Waals surface area contributed by atoms with Crippen LogP contribution >= 0.6 is 23.1 Å². The van der Waals surface area contributed by atoms with Crippen LogP contribution < -0.4 is 10.3 Å². The number of hydrogen-bond donors (Lipinski definition) is 0. The van der Waals surface area contributed by atoms with E-state index in [-0.39, 0.29) is 5.56 Å². The minimum atomic E-state index is -0.0265. The Morgan fingerprint density at radius 3 is 2.68 bits per heavy atom. The SMILES string of the molecule is COc1ccc(-c2nc(CSc3nc4sc(C)c(C)c4c(=O)n3C)no2)cc1. The maximum atomic E-state index is 12.7. The van der Waals surface area contributed by atoms with Gasteiger partial charge >= 0.3 is 0 Å². The smallest absolute Gasteiger partial charge is 0.262 e. The summed E-state index contributed by atoms with van der Waals surface area (Å²) in [5.41, 5.74) is 1.80. The second-order valence-corrected chi connectivity index (χ2v) is 8.40. The number of ether oxygens (including phenoxy) is 1. The van der Waals surface area contributed by atoms with E-state index in [1.54, 1.807) is 30.1 Å². The first-order valence-corrected chi connectivity index (χ1v) is 10.3. The van der Waals surface area contributed by atoms with Crippen LogP contribution in [0.5, 0.6) is 5.75 Å². The van der Waals surface area contributed by atoms with Crippen LogP contribution in [-0.2, 0) is 12.8 Å². The molecular weight excluding hydrogens is 396 g/mol. The van der Waals surface area contributed by atoms with E-state index in [1.807, 2.05) is 38.1 Å². The van der Waals surface area contributed by atoms with E-state index in [0.717, 1.165) is 26.6 Å². The maximum absolute atomic E-state index is 12.7. The zero-order chi connectivity index (χ0) is 19.8. The first-order valence-electron chi connectivity index (χ1n) is 8.54. The lowest BCUT2D eigenvalue weighted by atomic mass is 10.2. The minimum absolute atomic E-state index is 0.0265. The van der Waals surface area contributed by atoms with E-state index in [9.17, 15) is 4.79 Å². The van der Waals surface area contributed by atoms with Crippen molar-refractivity contribution in [2.24, 2.45) is 7.05 Å². The van der Waals surface area contributed by atoms with E-state index >= 15 is 0 Å². The van der Waals surface area contributed by atoms with Gasteiger partial charge in [0.2, 0.25) is 0 Å². The molecule has 1 aromatic carbocycles. The van der Waals surface area contributed by atoms with Crippen LogP contribution in [0.3, 0.4) is 0 Å². The molecule has 4 aromatic rings. The van der Waals surface area contributed by atoms with Gasteiger partial charge in [-0.15, -0.1) is 11.3 Å². The van der Waals surface area contributed by atoms with E-state index in [1.165, 1.54) is 11.8 Å². The van der Waals surface area contributed by atoms with Crippen LogP contribution in [-0.4, -0.2) is 26.8 Å². The predicted molar refractivity (Wildman–Crippen MR) is 110 cm³/mol. The molecule has 0 saturated heterocycles. The fourth-order valence-electron chi connectivity index (χ4n) is 2.78. The summed E-state index contributed by atoms with van der Waals surface area (Å²) in [6.07, 6.45) is 0. The third-order valence-corrected chi connectivity index (χ3v) is 6.63. The van der Waals surface area contributed by atoms with Crippen molar-refractivity contribution in [2.75, 3.05) is 7.11 Å². The Hall–Kier alpha value is -2.65. The molecule has 3 aromatic heterocycles. The zero-order valence-corrected chi connectivity index (χ0v) is 17.5. The number of aromatic nitrogens is 4. The average Bonchev–Trinajstić information content (AvgIpc) is 3.28. The Kier molecular flexibility index (Phi) is 4.94. The van der Waals surface area contributed by atoms with Gasteiger partial charge in [-0.2, -0.15) is 4.98 Å². The number of methoxy groups -OCH3 is 1. The van der Waals surface area contributed by atoms with Gasteiger partial charge in [-0.3, -0.25) is 9.36 Å². The predicted octanol–water partition coefficient (Wildman–Crippen LogP) is 3.96. The lowest BCUT2D eigenvalue weighted by Crippen LogP contribution is -2.19. The third kappa shape index (κ3) is 3.31. The lowest BCUT2D eigenvalue weighted by molar-refractivity contribution is 0.414. The molecule has 9 heteroatoms. The van der Waals surface area contributed by atoms with Gasteiger partial charge in [0.15, 0.2) is 11.0 Å². The molecule has 0 atom stereocenters. The summed E-state index contributed by atoms with van der Waals surface area (Å²) >= 11 is 2.96. The molecule has 0 spiro atoms. The van der Waals surface area contributed by atoms with E-state index in [0.29, 0.717) is 28.0 Å². The number of hydrogen-bond acceptors (Lipinski definition) is 8. The van der Waals surface area contributed by atoms with E-state index in [4.69, 9.17) is 9.26 Å². The van der Waals surface area contributed by atoms with E-state index < -0.39 is 0 Å². The normalized spacial score (nSPS) is 11.3. The van der Waals surface area contributed by atoms with Crippen LogP contribution in [0.2, 0.25) is 0 Å². The summed E-state index contributed by atoms with van der Waals surface area (Å²) in [5.74, 6) is 2.21. The Balaban J connectivity index is 1.56. The Labute approximate surface area is 169 Å². The van der Waals surface area contributed by atoms with Crippen molar-refractivity contribution >= 4 is 33.3 Å². The number of thioether (sulfide) groups is 1. The van der Waals surface area contributed by atoms with Gasteiger partial charge in [0, 0.05) is 17.5 Å². The molecule has 0 aliphatic carbocycles. The summed E-state index contributed by atoms with van der Waals surface area (Å²) in [6.45, 7) is 3.97. The molecule has 0 amide bonds. The van der Waals surface area contributed by atoms with Crippen LogP contribution in [0.1, 0.15) is 16.3 Å². The number of nitrogens with zero attached hydrogens (tertiary/aromatic N) is 4. The largest absolute Gasteiger partial charge is 0.497 e. The fourth-order valence-corrected chi connectivity index (χ4v) is 4.66.